The van der Waals surface area contributed by atoms with Crippen LogP contribution < -0.4 is 11.1 Å². The van der Waals surface area contributed by atoms with Crippen LogP contribution in [0.5, 0.6) is 0 Å². The van der Waals surface area contributed by atoms with Gasteiger partial charge in [-0.05, 0) is 31.6 Å². The van der Waals surface area contributed by atoms with Gasteiger partial charge >= 0.3 is 0 Å². The summed E-state index contributed by atoms with van der Waals surface area (Å²) in [5.41, 5.74) is 4.85. The summed E-state index contributed by atoms with van der Waals surface area (Å²) in [5.74, 6) is 0.518. The van der Waals surface area contributed by atoms with Crippen LogP contribution in [0.25, 0.3) is 0 Å². The van der Waals surface area contributed by atoms with E-state index in [2.05, 4.69) is 17.4 Å². The van der Waals surface area contributed by atoms with Crippen LogP contribution >= 0.6 is 0 Å². The van der Waals surface area contributed by atoms with Gasteiger partial charge in [0.15, 0.2) is 5.84 Å². The lowest BCUT2D eigenvalue weighted by molar-refractivity contribution is -0.125. The molecule has 5 heteroatoms. The van der Waals surface area contributed by atoms with Crippen molar-refractivity contribution in [1.29, 1.82) is 0 Å². The monoisotopic (exact) mass is 225 g/mol. The molecule has 0 aromatic heterocycles. The van der Waals surface area contributed by atoms with Crippen molar-refractivity contribution >= 4 is 11.7 Å². The van der Waals surface area contributed by atoms with Gasteiger partial charge in [-0.25, -0.2) is 0 Å². The number of amidine groups is 1. The molecule has 0 heterocycles. The maximum Gasteiger partial charge on any atom is 0.234 e. The molecule has 0 bridgehead atoms. The average Bonchev–Trinajstić information content (AvgIpc) is 3.00. The van der Waals surface area contributed by atoms with E-state index in [-0.39, 0.29) is 17.8 Å². The van der Waals surface area contributed by atoms with E-state index in [1.807, 2.05) is 0 Å². The Bertz CT molecular complexity index is 323. The second-order valence-corrected chi connectivity index (χ2v) is 5.06. The van der Waals surface area contributed by atoms with Crippen LogP contribution in [0.15, 0.2) is 5.16 Å². The minimum absolute atomic E-state index is 0.0515. The van der Waals surface area contributed by atoms with Gasteiger partial charge in [0.2, 0.25) is 5.91 Å². The minimum Gasteiger partial charge on any atom is -0.409 e. The number of oxime groups is 1. The summed E-state index contributed by atoms with van der Waals surface area (Å²) in [6, 6.07) is 0.261. The largest absolute Gasteiger partial charge is 0.409 e. The Labute approximate surface area is 95.1 Å². The molecule has 2 aliphatic rings. The molecule has 2 unspecified atom stereocenters. The summed E-state index contributed by atoms with van der Waals surface area (Å²) in [7, 11) is 0. The highest BCUT2D eigenvalue weighted by Gasteiger charge is 2.54. The van der Waals surface area contributed by atoms with Crippen molar-refractivity contribution in [3.05, 3.63) is 0 Å². The van der Waals surface area contributed by atoms with Gasteiger partial charge in [-0.3, -0.25) is 4.79 Å². The van der Waals surface area contributed by atoms with E-state index in [0.29, 0.717) is 18.8 Å². The van der Waals surface area contributed by atoms with Gasteiger partial charge in [-0.1, -0.05) is 18.5 Å². The zero-order valence-electron chi connectivity index (χ0n) is 9.57. The fourth-order valence-corrected chi connectivity index (χ4v) is 2.49. The molecule has 0 aliphatic heterocycles. The van der Waals surface area contributed by atoms with Crippen molar-refractivity contribution in [3.63, 3.8) is 0 Å². The van der Waals surface area contributed by atoms with Crippen molar-refractivity contribution in [1.82, 2.24) is 5.32 Å². The first-order valence-corrected chi connectivity index (χ1v) is 5.89. The number of amides is 1. The normalized spacial score (nSPS) is 32.4. The molecule has 2 aliphatic carbocycles. The molecule has 2 fully saturated rings. The number of hydrogen-bond acceptors (Lipinski definition) is 3. The number of nitrogens with two attached hydrogens (primary N) is 1. The molecule has 4 N–H and O–H groups in total. The quantitative estimate of drug-likeness (QED) is 0.287. The second-order valence-electron chi connectivity index (χ2n) is 5.06. The van der Waals surface area contributed by atoms with Gasteiger partial charge in [0.1, 0.15) is 5.41 Å². The smallest absolute Gasteiger partial charge is 0.234 e. The fourth-order valence-electron chi connectivity index (χ4n) is 2.49. The Morgan fingerprint density at radius 2 is 2.19 bits per heavy atom. The Hall–Kier alpha value is -1.26. The summed E-state index contributed by atoms with van der Waals surface area (Å²) in [5, 5.41) is 14.7. The van der Waals surface area contributed by atoms with Crippen LogP contribution in [0.1, 0.15) is 39.0 Å². The van der Waals surface area contributed by atoms with E-state index in [1.165, 1.54) is 12.8 Å². The molecule has 5 nitrogen and oxygen atoms in total. The van der Waals surface area contributed by atoms with Gasteiger partial charge in [0, 0.05) is 6.04 Å². The Balaban J connectivity index is 1.98. The van der Waals surface area contributed by atoms with Crippen LogP contribution in [-0.2, 0) is 4.79 Å². The molecular weight excluding hydrogens is 206 g/mol. The van der Waals surface area contributed by atoms with Crippen molar-refractivity contribution < 1.29 is 10.0 Å². The third kappa shape index (κ3) is 1.74. The topological polar surface area (TPSA) is 87.7 Å². The first kappa shape index (κ1) is 11.2. The Morgan fingerprint density at radius 1 is 1.50 bits per heavy atom. The average molecular weight is 225 g/mol. The molecule has 2 atom stereocenters. The number of rotatable bonds is 3. The maximum absolute atomic E-state index is 12.0. The third-order valence-electron chi connectivity index (χ3n) is 3.96. The van der Waals surface area contributed by atoms with Gasteiger partial charge < -0.3 is 16.3 Å². The van der Waals surface area contributed by atoms with E-state index < -0.39 is 5.41 Å². The summed E-state index contributed by atoms with van der Waals surface area (Å²) in [4.78, 5) is 12.0. The molecule has 16 heavy (non-hydrogen) atoms. The van der Waals surface area contributed by atoms with E-state index in [4.69, 9.17) is 10.9 Å². The van der Waals surface area contributed by atoms with E-state index in [9.17, 15) is 4.79 Å². The lowest BCUT2D eigenvalue weighted by Crippen LogP contribution is -2.45. The molecule has 0 aromatic carbocycles. The highest BCUT2D eigenvalue weighted by Crippen LogP contribution is 2.46. The van der Waals surface area contributed by atoms with Crippen LogP contribution in [-0.4, -0.2) is 23.0 Å². The number of nitrogens with one attached hydrogen (secondary N) is 1. The predicted octanol–water partition coefficient (Wildman–Crippen LogP) is 0.818. The van der Waals surface area contributed by atoms with E-state index >= 15 is 0 Å². The van der Waals surface area contributed by atoms with Crippen molar-refractivity contribution in [2.24, 2.45) is 22.2 Å². The fraction of sp³-hybridized carbons (Fsp3) is 0.818. The highest BCUT2D eigenvalue weighted by molar-refractivity contribution is 6.09. The summed E-state index contributed by atoms with van der Waals surface area (Å²) < 4.78 is 0. The zero-order valence-corrected chi connectivity index (χ0v) is 9.57. The molecule has 90 valence electrons. The van der Waals surface area contributed by atoms with Gasteiger partial charge in [0.05, 0.1) is 0 Å². The molecule has 0 radical (unpaired) electrons. The Morgan fingerprint density at radius 3 is 2.62 bits per heavy atom. The lowest BCUT2D eigenvalue weighted by Gasteiger charge is -2.21. The van der Waals surface area contributed by atoms with Crippen LogP contribution in [0, 0.1) is 11.3 Å². The first-order valence-electron chi connectivity index (χ1n) is 5.89. The summed E-state index contributed by atoms with van der Waals surface area (Å²) in [6.45, 7) is 2.15. The van der Waals surface area contributed by atoms with Gasteiger partial charge in [-0.2, -0.15) is 0 Å². The second kappa shape index (κ2) is 3.96. The molecule has 0 saturated heterocycles. The molecule has 1 amide bonds. The van der Waals surface area contributed by atoms with Gasteiger partial charge in [-0.15, -0.1) is 0 Å². The molecule has 2 saturated carbocycles. The Kier molecular flexibility index (Phi) is 2.78. The molecule has 0 aromatic rings. The maximum atomic E-state index is 12.0. The lowest BCUT2D eigenvalue weighted by atomic mass is 10.0. The molecule has 2 rings (SSSR count). The van der Waals surface area contributed by atoms with E-state index in [0.717, 1.165) is 6.42 Å². The number of nitrogens with zero attached hydrogens (tertiary/aromatic N) is 1. The van der Waals surface area contributed by atoms with Crippen molar-refractivity contribution in [2.75, 3.05) is 0 Å². The summed E-state index contributed by atoms with van der Waals surface area (Å²) in [6.07, 6.45) is 4.76. The van der Waals surface area contributed by atoms with E-state index in [1.54, 1.807) is 0 Å². The van der Waals surface area contributed by atoms with Crippen molar-refractivity contribution in [3.8, 4) is 0 Å². The highest BCUT2D eigenvalue weighted by atomic mass is 16.4. The number of carbonyl (C=O) groups excluding carboxylic acids is 1. The zero-order chi connectivity index (χ0) is 11.8. The number of carbonyl (C=O) groups is 1. The predicted molar refractivity (Wildman–Crippen MR) is 60.0 cm³/mol. The van der Waals surface area contributed by atoms with Crippen LogP contribution in [0.3, 0.4) is 0 Å². The third-order valence-corrected chi connectivity index (χ3v) is 3.96. The standard InChI is InChI=1S/C11H19N3O2/c1-7-3-2-4-8(7)13-10(15)11(5-6-11)9(12)14-16/h7-8,16H,2-6H2,1H3,(H2,12,14)(H,13,15). The number of hydrogen-bond donors (Lipinski definition) is 3. The van der Waals surface area contributed by atoms with Crippen LogP contribution in [0.2, 0.25) is 0 Å². The van der Waals surface area contributed by atoms with Gasteiger partial charge in [0.25, 0.3) is 0 Å². The molecular formula is C11H19N3O2. The first-order chi connectivity index (χ1) is 7.60. The summed E-state index contributed by atoms with van der Waals surface area (Å²) >= 11 is 0. The molecule has 0 spiro atoms. The van der Waals surface area contributed by atoms with Crippen molar-refractivity contribution in [2.45, 2.75) is 45.1 Å². The van der Waals surface area contributed by atoms with Crippen LogP contribution in [0.4, 0.5) is 0 Å². The SMILES string of the molecule is CC1CCCC1NC(=O)C1(C(N)=NO)CC1. The minimum atomic E-state index is -0.711.